The second-order valence-corrected chi connectivity index (χ2v) is 4.55. The Kier molecular flexibility index (Phi) is 4.54. The summed E-state index contributed by atoms with van der Waals surface area (Å²) in [5.74, 6) is 0.246. The molecule has 1 saturated heterocycles. The van der Waals surface area contributed by atoms with Gasteiger partial charge < -0.3 is 10.6 Å². The van der Waals surface area contributed by atoms with Crippen LogP contribution in [0, 0.1) is 0 Å². The number of carbonyl (C=O) groups is 1. The van der Waals surface area contributed by atoms with E-state index in [2.05, 4.69) is 18.7 Å². The third-order valence-electron chi connectivity index (χ3n) is 3.07. The zero-order valence-corrected chi connectivity index (χ0v) is 10.1. The number of nitrogens with zero attached hydrogens (tertiary/aromatic N) is 2. The van der Waals surface area contributed by atoms with E-state index in [0.29, 0.717) is 12.6 Å². The number of hydrogen-bond acceptors (Lipinski definition) is 3. The van der Waals surface area contributed by atoms with Gasteiger partial charge in [0.1, 0.15) is 0 Å². The summed E-state index contributed by atoms with van der Waals surface area (Å²) in [5, 5.41) is 0. The monoisotopic (exact) mass is 213 g/mol. The molecule has 1 heterocycles. The highest BCUT2D eigenvalue weighted by Crippen LogP contribution is 2.14. The van der Waals surface area contributed by atoms with E-state index in [9.17, 15) is 4.79 Å². The van der Waals surface area contributed by atoms with Crippen molar-refractivity contribution in [3.05, 3.63) is 0 Å². The summed E-state index contributed by atoms with van der Waals surface area (Å²) in [6, 6.07) is 0.282. The van der Waals surface area contributed by atoms with Crippen LogP contribution < -0.4 is 5.73 Å². The number of rotatable bonds is 3. The van der Waals surface area contributed by atoms with E-state index < -0.39 is 0 Å². The Labute approximate surface area is 92.4 Å². The fourth-order valence-corrected chi connectivity index (χ4v) is 2.15. The molecule has 0 spiro atoms. The van der Waals surface area contributed by atoms with Crippen LogP contribution in [0.2, 0.25) is 0 Å². The van der Waals surface area contributed by atoms with Crippen LogP contribution >= 0.6 is 0 Å². The maximum absolute atomic E-state index is 12.2. The Morgan fingerprint density at radius 3 is 2.67 bits per heavy atom. The molecule has 0 aromatic heterocycles. The van der Waals surface area contributed by atoms with Gasteiger partial charge in [0.05, 0.1) is 6.04 Å². The smallest absolute Gasteiger partial charge is 0.240 e. The average molecular weight is 213 g/mol. The molecule has 1 rings (SSSR count). The minimum atomic E-state index is -0.0140. The van der Waals surface area contributed by atoms with Crippen LogP contribution in [0.3, 0.4) is 0 Å². The van der Waals surface area contributed by atoms with Gasteiger partial charge in [0.2, 0.25) is 5.91 Å². The van der Waals surface area contributed by atoms with E-state index in [-0.39, 0.29) is 11.9 Å². The van der Waals surface area contributed by atoms with Crippen LogP contribution in [0.15, 0.2) is 0 Å². The lowest BCUT2D eigenvalue weighted by Gasteiger charge is -2.30. The number of nitrogens with two attached hydrogens (primary N) is 1. The van der Waals surface area contributed by atoms with Gasteiger partial charge in [-0.05, 0) is 40.3 Å². The molecule has 1 aliphatic rings. The molecule has 1 atom stereocenters. The van der Waals surface area contributed by atoms with Gasteiger partial charge in [-0.15, -0.1) is 0 Å². The van der Waals surface area contributed by atoms with Gasteiger partial charge >= 0.3 is 0 Å². The van der Waals surface area contributed by atoms with Crippen LogP contribution in [0.5, 0.6) is 0 Å². The van der Waals surface area contributed by atoms with Crippen molar-refractivity contribution in [2.45, 2.75) is 38.8 Å². The normalized spacial score (nSPS) is 24.7. The molecular weight excluding hydrogens is 190 g/mol. The van der Waals surface area contributed by atoms with Gasteiger partial charge in [-0.3, -0.25) is 9.69 Å². The Balaban J connectivity index is 2.76. The van der Waals surface area contributed by atoms with Crippen molar-refractivity contribution >= 4 is 5.91 Å². The molecule has 0 aromatic rings. The third-order valence-corrected chi connectivity index (χ3v) is 3.07. The van der Waals surface area contributed by atoms with Gasteiger partial charge in [-0.1, -0.05) is 0 Å². The first-order valence-corrected chi connectivity index (χ1v) is 5.78. The predicted molar refractivity (Wildman–Crippen MR) is 61.6 cm³/mol. The summed E-state index contributed by atoms with van der Waals surface area (Å²) in [6.45, 7) is 6.58. The lowest BCUT2D eigenvalue weighted by Crippen LogP contribution is -2.47. The number of amides is 1. The molecule has 1 amide bonds. The lowest BCUT2D eigenvalue weighted by atomic mass is 10.1. The largest absolute Gasteiger partial charge is 0.339 e. The molecular formula is C11H23N3O. The van der Waals surface area contributed by atoms with Crippen molar-refractivity contribution in [3.63, 3.8) is 0 Å². The fourth-order valence-electron chi connectivity index (χ4n) is 2.15. The molecule has 2 N–H and O–H groups in total. The molecule has 1 aliphatic heterocycles. The van der Waals surface area contributed by atoms with Crippen LogP contribution in [0.1, 0.15) is 26.7 Å². The number of likely N-dealkylation sites (N-methyl/N-ethyl adjacent to an activating group) is 1. The van der Waals surface area contributed by atoms with E-state index in [4.69, 9.17) is 5.73 Å². The van der Waals surface area contributed by atoms with Crippen LogP contribution in [0.4, 0.5) is 0 Å². The average Bonchev–Trinajstić information content (AvgIpc) is 2.30. The molecule has 0 aromatic carbocycles. The lowest BCUT2D eigenvalue weighted by molar-refractivity contribution is -0.136. The molecule has 1 unspecified atom stereocenters. The Bertz CT molecular complexity index is 218. The minimum Gasteiger partial charge on any atom is -0.339 e. The molecule has 0 saturated carbocycles. The van der Waals surface area contributed by atoms with Crippen LogP contribution in [0.25, 0.3) is 0 Å². The SMILES string of the molecule is CC(C)N1CCCN(C)C(CCN)C1=O. The summed E-state index contributed by atoms with van der Waals surface area (Å²) < 4.78 is 0. The molecule has 0 aliphatic carbocycles. The quantitative estimate of drug-likeness (QED) is 0.732. The van der Waals surface area contributed by atoms with E-state index in [1.165, 1.54) is 0 Å². The van der Waals surface area contributed by atoms with Crippen molar-refractivity contribution in [2.75, 3.05) is 26.7 Å². The maximum Gasteiger partial charge on any atom is 0.240 e. The topological polar surface area (TPSA) is 49.6 Å². The maximum atomic E-state index is 12.2. The van der Waals surface area contributed by atoms with Gasteiger partial charge in [0, 0.05) is 19.1 Å². The molecule has 15 heavy (non-hydrogen) atoms. The summed E-state index contributed by atoms with van der Waals surface area (Å²) in [7, 11) is 2.02. The third kappa shape index (κ3) is 2.92. The van der Waals surface area contributed by atoms with Gasteiger partial charge in [-0.2, -0.15) is 0 Å². The molecule has 4 heteroatoms. The second kappa shape index (κ2) is 5.47. The van der Waals surface area contributed by atoms with E-state index in [1.54, 1.807) is 0 Å². The van der Waals surface area contributed by atoms with Crippen molar-refractivity contribution in [1.82, 2.24) is 9.80 Å². The van der Waals surface area contributed by atoms with Crippen LogP contribution in [-0.4, -0.2) is 54.5 Å². The van der Waals surface area contributed by atoms with Crippen LogP contribution in [-0.2, 0) is 4.79 Å². The molecule has 1 fully saturated rings. The Morgan fingerprint density at radius 2 is 2.13 bits per heavy atom. The molecule has 4 nitrogen and oxygen atoms in total. The highest BCUT2D eigenvalue weighted by Gasteiger charge is 2.30. The van der Waals surface area contributed by atoms with Gasteiger partial charge in [0.25, 0.3) is 0 Å². The molecule has 88 valence electrons. The summed E-state index contributed by atoms with van der Waals surface area (Å²) in [4.78, 5) is 16.3. The molecule has 0 bridgehead atoms. The second-order valence-electron chi connectivity index (χ2n) is 4.55. The minimum absolute atomic E-state index is 0.0140. The first-order chi connectivity index (χ1) is 7.07. The van der Waals surface area contributed by atoms with Crippen molar-refractivity contribution in [1.29, 1.82) is 0 Å². The first kappa shape index (κ1) is 12.5. The zero-order chi connectivity index (χ0) is 11.4. The highest BCUT2D eigenvalue weighted by atomic mass is 16.2. The zero-order valence-electron chi connectivity index (χ0n) is 10.1. The highest BCUT2D eigenvalue weighted by molar-refractivity contribution is 5.82. The Morgan fingerprint density at radius 1 is 1.47 bits per heavy atom. The van der Waals surface area contributed by atoms with E-state index >= 15 is 0 Å². The first-order valence-electron chi connectivity index (χ1n) is 5.78. The van der Waals surface area contributed by atoms with E-state index in [0.717, 1.165) is 25.9 Å². The Hall–Kier alpha value is -0.610. The van der Waals surface area contributed by atoms with Crippen molar-refractivity contribution in [2.24, 2.45) is 5.73 Å². The van der Waals surface area contributed by atoms with Gasteiger partial charge in [-0.25, -0.2) is 0 Å². The van der Waals surface area contributed by atoms with E-state index in [1.807, 2.05) is 11.9 Å². The summed E-state index contributed by atoms with van der Waals surface area (Å²) >= 11 is 0. The standard InChI is InChI=1S/C11H23N3O/c1-9(2)14-8-4-7-13(3)10(5-6-12)11(14)15/h9-10H,4-8,12H2,1-3H3. The summed E-state index contributed by atoms with van der Waals surface area (Å²) in [5.41, 5.74) is 5.56. The van der Waals surface area contributed by atoms with Crippen molar-refractivity contribution < 1.29 is 4.79 Å². The molecule has 0 radical (unpaired) electrons. The fraction of sp³-hybridized carbons (Fsp3) is 0.909. The van der Waals surface area contributed by atoms with Gasteiger partial charge in [0.15, 0.2) is 0 Å². The summed E-state index contributed by atoms with van der Waals surface area (Å²) in [6.07, 6.45) is 1.82. The number of carbonyl (C=O) groups excluding carboxylic acids is 1. The number of hydrogen-bond donors (Lipinski definition) is 1. The predicted octanol–water partition coefficient (Wildman–Crippen LogP) is 0.276. The van der Waals surface area contributed by atoms with Crippen molar-refractivity contribution in [3.8, 4) is 0 Å².